The molecule has 0 saturated heterocycles. The number of carbonyl (C=O) groups is 1. The molecule has 4 aromatic rings. The Morgan fingerprint density at radius 1 is 0.947 bits per heavy atom. The van der Waals surface area contributed by atoms with Crippen LogP contribution in [-0.4, -0.2) is 19.1 Å². The third-order valence-corrected chi connectivity index (χ3v) is 5.48. The summed E-state index contributed by atoms with van der Waals surface area (Å²) in [6.07, 6.45) is -4.32. The molecule has 4 rings (SSSR count). The van der Waals surface area contributed by atoms with Crippen molar-refractivity contribution in [3.05, 3.63) is 88.3 Å². The molecule has 0 unspecified atom stereocenters. The van der Waals surface area contributed by atoms with E-state index in [2.05, 4.69) is 5.32 Å². The molecule has 1 amide bonds. The first-order valence-electron chi connectivity index (χ1n) is 11.8. The van der Waals surface area contributed by atoms with Gasteiger partial charge >= 0.3 is 6.18 Å². The molecule has 7 nitrogen and oxygen atoms in total. The van der Waals surface area contributed by atoms with Gasteiger partial charge in [0.25, 0.3) is 11.7 Å². The van der Waals surface area contributed by atoms with Crippen molar-refractivity contribution in [2.45, 2.75) is 26.4 Å². The molecule has 0 aliphatic rings. The van der Waals surface area contributed by atoms with Gasteiger partial charge in [-0.1, -0.05) is 37.3 Å². The topological polar surface area (TPSA) is 87.0 Å². The van der Waals surface area contributed by atoms with Crippen LogP contribution in [0.2, 0.25) is 0 Å². The number of rotatable bonds is 9. The Bertz CT molecular complexity index is 1510. The molecule has 0 atom stereocenters. The van der Waals surface area contributed by atoms with Crippen molar-refractivity contribution in [2.75, 3.05) is 18.5 Å². The monoisotopic (exact) mass is 527 g/mol. The fraction of sp³-hybridized carbons (Fsp3) is 0.214. The minimum Gasteiger partial charge on any atom is -0.490 e. The molecule has 0 radical (unpaired) electrons. The van der Waals surface area contributed by atoms with Gasteiger partial charge in [-0.2, -0.15) is 13.2 Å². The second-order valence-electron chi connectivity index (χ2n) is 8.07. The summed E-state index contributed by atoms with van der Waals surface area (Å²) in [5, 5.41) is 2.58. The molecule has 1 heterocycles. The van der Waals surface area contributed by atoms with Crippen LogP contribution in [0.5, 0.6) is 23.0 Å². The van der Waals surface area contributed by atoms with E-state index in [1.54, 1.807) is 25.1 Å². The smallest absolute Gasteiger partial charge is 0.453 e. The number of amides is 1. The van der Waals surface area contributed by atoms with Gasteiger partial charge in [-0.25, -0.2) is 0 Å². The van der Waals surface area contributed by atoms with E-state index in [1.807, 2.05) is 19.1 Å². The Labute approximate surface area is 215 Å². The Morgan fingerprint density at radius 3 is 2.37 bits per heavy atom. The summed E-state index contributed by atoms with van der Waals surface area (Å²) in [6, 6.07) is 17.1. The van der Waals surface area contributed by atoms with E-state index in [0.717, 1.165) is 11.6 Å². The average Bonchev–Trinajstić information content (AvgIpc) is 2.89. The number of para-hydroxylation sites is 3. The predicted molar refractivity (Wildman–Crippen MR) is 135 cm³/mol. The SMILES string of the molecule is CCOc1ccccc1Oc1c(C(F)(F)F)oc2cc(OCC(=O)Nc3ccccc3CC)ccc2c1=O. The van der Waals surface area contributed by atoms with Crippen LogP contribution >= 0.6 is 0 Å². The van der Waals surface area contributed by atoms with Gasteiger partial charge < -0.3 is 23.9 Å². The average molecular weight is 527 g/mol. The maximum atomic E-state index is 13.9. The van der Waals surface area contributed by atoms with Crippen molar-refractivity contribution in [3.8, 4) is 23.0 Å². The molecule has 0 saturated carbocycles. The molecule has 0 aliphatic carbocycles. The predicted octanol–water partition coefficient (Wildman–Crippen LogP) is 6.58. The molecular weight excluding hydrogens is 503 g/mol. The zero-order valence-corrected chi connectivity index (χ0v) is 20.6. The summed E-state index contributed by atoms with van der Waals surface area (Å²) in [6.45, 7) is 3.49. The number of benzene rings is 3. The number of carbonyl (C=O) groups excluding carboxylic acids is 1. The summed E-state index contributed by atoms with van der Waals surface area (Å²) in [5.41, 5.74) is 0.184. The largest absolute Gasteiger partial charge is 0.490 e. The van der Waals surface area contributed by atoms with Gasteiger partial charge in [0.05, 0.1) is 12.0 Å². The van der Waals surface area contributed by atoms with Crippen molar-refractivity contribution in [2.24, 2.45) is 0 Å². The van der Waals surface area contributed by atoms with Crippen LogP contribution in [0.1, 0.15) is 25.2 Å². The Kier molecular flexibility index (Phi) is 7.90. The van der Waals surface area contributed by atoms with Crippen LogP contribution in [0.4, 0.5) is 18.9 Å². The first kappa shape index (κ1) is 26.6. The van der Waals surface area contributed by atoms with Gasteiger partial charge in [-0.15, -0.1) is 0 Å². The summed E-state index contributed by atoms with van der Waals surface area (Å²) in [7, 11) is 0. The number of halogens is 3. The third-order valence-electron chi connectivity index (χ3n) is 5.48. The number of nitrogens with one attached hydrogen (secondary N) is 1. The van der Waals surface area contributed by atoms with Crippen molar-refractivity contribution in [1.29, 1.82) is 0 Å². The minimum atomic E-state index is -5.04. The number of ether oxygens (including phenoxy) is 3. The summed E-state index contributed by atoms with van der Waals surface area (Å²) < 4.78 is 63.1. The van der Waals surface area contributed by atoms with Gasteiger partial charge in [0, 0.05) is 11.8 Å². The van der Waals surface area contributed by atoms with E-state index in [0.29, 0.717) is 12.1 Å². The number of hydrogen-bond acceptors (Lipinski definition) is 6. The lowest BCUT2D eigenvalue weighted by Crippen LogP contribution is -2.21. The van der Waals surface area contributed by atoms with E-state index >= 15 is 0 Å². The first-order valence-corrected chi connectivity index (χ1v) is 11.8. The Hall–Kier alpha value is -4.47. The summed E-state index contributed by atoms with van der Waals surface area (Å²) >= 11 is 0. The van der Waals surface area contributed by atoms with Gasteiger partial charge in [0.2, 0.25) is 11.2 Å². The van der Waals surface area contributed by atoms with Crippen molar-refractivity contribution in [1.82, 2.24) is 0 Å². The quantitative estimate of drug-likeness (QED) is 0.265. The highest BCUT2D eigenvalue weighted by Crippen LogP contribution is 2.40. The lowest BCUT2D eigenvalue weighted by Gasteiger charge is -2.15. The first-order chi connectivity index (χ1) is 18.2. The molecule has 0 aliphatic heterocycles. The fourth-order valence-electron chi connectivity index (χ4n) is 3.73. The highest BCUT2D eigenvalue weighted by molar-refractivity contribution is 5.92. The third kappa shape index (κ3) is 5.91. The van der Waals surface area contributed by atoms with Crippen molar-refractivity contribution < 1.29 is 36.6 Å². The molecule has 1 N–H and O–H groups in total. The van der Waals surface area contributed by atoms with E-state index in [-0.39, 0.29) is 34.8 Å². The highest BCUT2D eigenvalue weighted by atomic mass is 19.4. The van der Waals surface area contributed by atoms with E-state index < -0.39 is 35.6 Å². The highest BCUT2D eigenvalue weighted by Gasteiger charge is 2.40. The van der Waals surface area contributed by atoms with Gasteiger partial charge in [-0.3, -0.25) is 9.59 Å². The summed E-state index contributed by atoms with van der Waals surface area (Å²) in [5.74, 6) is -2.93. The lowest BCUT2D eigenvalue weighted by molar-refractivity contribution is -0.154. The van der Waals surface area contributed by atoms with Crippen LogP contribution in [0.25, 0.3) is 11.0 Å². The standard InChI is InChI=1S/C28H24F3NO6/c1-3-17-9-5-6-10-20(17)32-24(33)16-36-18-13-14-19-23(15-18)38-27(28(29,30)31)26(25(19)34)37-22-12-8-7-11-21(22)35-4-2/h5-15H,3-4,16H2,1-2H3,(H,32,33). The molecule has 0 fully saturated rings. The number of fused-ring (bicyclic) bond motifs is 1. The van der Waals surface area contributed by atoms with Crippen molar-refractivity contribution >= 4 is 22.6 Å². The van der Waals surface area contributed by atoms with Gasteiger partial charge in [0.1, 0.15) is 11.3 Å². The van der Waals surface area contributed by atoms with Crippen LogP contribution in [0, 0.1) is 0 Å². The second kappa shape index (κ2) is 11.3. The molecule has 0 bridgehead atoms. The number of hydrogen-bond donors (Lipinski definition) is 1. The van der Waals surface area contributed by atoms with Crippen LogP contribution < -0.4 is 25.0 Å². The number of alkyl halides is 3. The Balaban J connectivity index is 1.62. The molecule has 1 aromatic heterocycles. The fourth-order valence-corrected chi connectivity index (χ4v) is 3.73. The van der Waals surface area contributed by atoms with E-state index in [1.165, 1.54) is 30.3 Å². The van der Waals surface area contributed by atoms with Crippen molar-refractivity contribution in [3.63, 3.8) is 0 Å². The molecule has 3 aromatic carbocycles. The molecule has 0 spiro atoms. The number of aryl methyl sites for hydroxylation is 1. The second-order valence-corrected chi connectivity index (χ2v) is 8.07. The van der Waals surface area contributed by atoms with E-state index in [4.69, 9.17) is 18.6 Å². The lowest BCUT2D eigenvalue weighted by atomic mass is 10.1. The minimum absolute atomic E-state index is 0.0445. The molecule has 38 heavy (non-hydrogen) atoms. The maximum Gasteiger partial charge on any atom is 0.453 e. The van der Waals surface area contributed by atoms with Gasteiger partial charge in [0.15, 0.2) is 18.1 Å². The summed E-state index contributed by atoms with van der Waals surface area (Å²) in [4.78, 5) is 25.4. The zero-order chi connectivity index (χ0) is 27.3. The number of anilines is 1. The molecule has 198 valence electrons. The maximum absolute atomic E-state index is 13.9. The molecule has 10 heteroatoms. The van der Waals surface area contributed by atoms with Gasteiger partial charge in [-0.05, 0) is 49.2 Å². The van der Waals surface area contributed by atoms with Crippen LogP contribution in [0.15, 0.2) is 75.9 Å². The van der Waals surface area contributed by atoms with Crippen LogP contribution in [-0.2, 0) is 17.4 Å². The molecular formula is C28H24F3NO6. The van der Waals surface area contributed by atoms with Crippen LogP contribution in [0.3, 0.4) is 0 Å². The Morgan fingerprint density at radius 2 is 1.66 bits per heavy atom. The zero-order valence-electron chi connectivity index (χ0n) is 20.6. The van der Waals surface area contributed by atoms with E-state index in [9.17, 15) is 22.8 Å². The normalized spacial score (nSPS) is 11.3.